The maximum absolute atomic E-state index is 13.0. The number of rotatable bonds is 7. The zero-order chi connectivity index (χ0) is 15.8. The summed E-state index contributed by atoms with van der Waals surface area (Å²) in [5.41, 5.74) is 1.80. The monoisotopic (exact) mass is 308 g/mol. The van der Waals surface area contributed by atoms with E-state index in [0.29, 0.717) is 6.54 Å². The van der Waals surface area contributed by atoms with Gasteiger partial charge < -0.3 is 10.6 Å². The van der Waals surface area contributed by atoms with Crippen molar-refractivity contribution in [2.45, 2.75) is 25.3 Å². The van der Waals surface area contributed by atoms with Crippen molar-refractivity contribution in [2.75, 3.05) is 6.54 Å². The summed E-state index contributed by atoms with van der Waals surface area (Å²) in [6.07, 6.45) is -4.28. The van der Waals surface area contributed by atoms with Gasteiger partial charge in [-0.1, -0.05) is 60.7 Å². The lowest BCUT2D eigenvalue weighted by Crippen LogP contribution is -2.48. The van der Waals surface area contributed by atoms with Crippen molar-refractivity contribution in [1.29, 1.82) is 0 Å². The van der Waals surface area contributed by atoms with Crippen molar-refractivity contribution in [2.24, 2.45) is 0 Å². The minimum absolute atomic E-state index is 0.161. The molecule has 118 valence electrons. The van der Waals surface area contributed by atoms with Gasteiger partial charge in [-0.3, -0.25) is 0 Å². The molecule has 0 aliphatic heterocycles. The molecule has 22 heavy (non-hydrogen) atoms. The van der Waals surface area contributed by atoms with Crippen LogP contribution in [-0.4, -0.2) is 18.8 Å². The normalized spacial score (nSPS) is 13.0. The van der Waals surface area contributed by atoms with Crippen LogP contribution in [0, 0.1) is 0 Å². The molecule has 0 radical (unpaired) electrons. The Bertz CT molecular complexity index is 541. The van der Waals surface area contributed by atoms with Gasteiger partial charge >= 0.3 is 6.18 Å². The van der Waals surface area contributed by atoms with Gasteiger partial charge in [0.2, 0.25) is 0 Å². The summed E-state index contributed by atoms with van der Waals surface area (Å²) < 4.78 is 39.1. The standard InChI is InChI=1S/C17H19F3N2/c18-17(19,20)16(22-12-15-9-5-2-6-10-15)13-21-11-14-7-3-1-4-8-14/h1-10,16,21-22H,11-13H2/t16-/m0/s1. The maximum Gasteiger partial charge on any atom is 0.405 e. The lowest BCUT2D eigenvalue weighted by molar-refractivity contribution is -0.155. The molecule has 0 amide bonds. The molecule has 0 fully saturated rings. The van der Waals surface area contributed by atoms with E-state index in [1.807, 2.05) is 48.5 Å². The molecule has 2 rings (SSSR count). The predicted octanol–water partition coefficient (Wildman–Crippen LogP) is 3.50. The van der Waals surface area contributed by atoms with E-state index in [2.05, 4.69) is 10.6 Å². The molecule has 0 aliphatic carbocycles. The Hall–Kier alpha value is -1.85. The van der Waals surface area contributed by atoms with Gasteiger partial charge in [0.15, 0.2) is 0 Å². The summed E-state index contributed by atoms with van der Waals surface area (Å²) in [7, 11) is 0. The van der Waals surface area contributed by atoms with Crippen LogP contribution in [0.5, 0.6) is 0 Å². The molecule has 0 saturated heterocycles. The highest BCUT2D eigenvalue weighted by Crippen LogP contribution is 2.20. The first-order chi connectivity index (χ1) is 10.6. The number of hydrogen-bond donors (Lipinski definition) is 2. The summed E-state index contributed by atoms with van der Waals surface area (Å²) in [5.74, 6) is 0. The van der Waals surface area contributed by atoms with Crippen molar-refractivity contribution < 1.29 is 13.2 Å². The second-order valence-electron chi connectivity index (χ2n) is 5.08. The average Bonchev–Trinajstić information content (AvgIpc) is 2.51. The predicted molar refractivity (Wildman–Crippen MR) is 81.3 cm³/mol. The van der Waals surface area contributed by atoms with E-state index in [-0.39, 0.29) is 13.1 Å². The van der Waals surface area contributed by atoms with Crippen molar-refractivity contribution in [3.63, 3.8) is 0 Å². The summed E-state index contributed by atoms with van der Waals surface area (Å²) in [6.45, 7) is 0.448. The fourth-order valence-corrected chi connectivity index (χ4v) is 2.10. The van der Waals surface area contributed by atoms with E-state index in [9.17, 15) is 13.2 Å². The Labute approximate surface area is 128 Å². The molecule has 2 nitrogen and oxygen atoms in total. The van der Waals surface area contributed by atoms with Gasteiger partial charge in [0.25, 0.3) is 0 Å². The van der Waals surface area contributed by atoms with E-state index in [0.717, 1.165) is 11.1 Å². The lowest BCUT2D eigenvalue weighted by Gasteiger charge is -2.22. The molecule has 0 bridgehead atoms. The second-order valence-corrected chi connectivity index (χ2v) is 5.08. The Morgan fingerprint density at radius 2 is 1.27 bits per heavy atom. The van der Waals surface area contributed by atoms with E-state index < -0.39 is 12.2 Å². The van der Waals surface area contributed by atoms with Crippen molar-refractivity contribution in [3.05, 3.63) is 71.8 Å². The van der Waals surface area contributed by atoms with Crippen molar-refractivity contribution in [1.82, 2.24) is 10.6 Å². The van der Waals surface area contributed by atoms with Crippen LogP contribution < -0.4 is 10.6 Å². The van der Waals surface area contributed by atoms with Crippen LogP contribution in [0.1, 0.15) is 11.1 Å². The van der Waals surface area contributed by atoms with E-state index in [1.54, 1.807) is 12.1 Å². The minimum atomic E-state index is -4.28. The first-order valence-corrected chi connectivity index (χ1v) is 7.14. The molecule has 1 atom stereocenters. The van der Waals surface area contributed by atoms with Gasteiger partial charge in [-0.25, -0.2) is 0 Å². The molecule has 0 spiro atoms. The van der Waals surface area contributed by atoms with Gasteiger partial charge in [-0.05, 0) is 11.1 Å². The maximum atomic E-state index is 13.0. The number of nitrogens with one attached hydrogen (secondary N) is 2. The number of hydrogen-bond acceptors (Lipinski definition) is 2. The highest BCUT2D eigenvalue weighted by molar-refractivity contribution is 5.15. The van der Waals surface area contributed by atoms with Crippen molar-refractivity contribution >= 4 is 0 Å². The Morgan fingerprint density at radius 3 is 1.77 bits per heavy atom. The van der Waals surface area contributed by atoms with Crippen LogP contribution in [0.15, 0.2) is 60.7 Å². The first kappa shape index (κ1) is 16.5. The summed E-state index contributed by atoms with van der Waals surface area (Å²) in [4.78, 5) is 0. The minimum Gasteiger partial charge on any atom is -0.311 e. The molecule has 5 heteroatoms. The molecule has 2 N–H and O–H groups in total. The fraction of sp³-hybridized carbons (Fsp3) is 0.294. The van der Waals surface area contributed by atoms with Crippen LogP contribution in [0.4, 0.5) is 13.2 Å². The Morgan fingerprint density at radius 1 is 0.773 bits per heavy atom. The SMILES string of the molecule is FC(F)(F)[C@H](CNCc1ccccc1)NCc1ccccc1. The summed E-state index contributed by atoms with van der Waals surface area (Å²) in [5, 5.41) is 5.44. The van der Waals surface area contributed by atoms with Gasteiger partial charge in [0.05, 0.1) is 0 Å². The molecular weight excluding hydrogens is 289 g/mol. The summed E-state index contributed by atoms with van der Waals surface area (Å²) in [6, 6.07) is 16.9. The van der Waals surface area contributed by atoms with Crippen LogP contribution in [0.2, 0.25) is 0 Å². The average molecular weight is 308 g/mol. The molecule has 0 heterocycles. The highest BCUT2D eigenvalue weighted by atomic mass is 19.4. The summed E-state index contributed by atoms with van der Waals surface area (Å²) >= 11 is 0. The first-order valence-electron chi connectivity index (χ1n) is 7.14. The number of benzene rings is 2. The van der Waals surface area contributed by atoms with Gasteiger partial charge in [-0.2, -0.15) is 13.2 Å². The third kappa shape index (κ3) is 5.50. The van der Waals surface area contributed by atoms with Gasteiger partial charge in [-0.15, -0.1) is 0 Å². The second kappa shape index (κ2) is 7.96. The van der Waals surface area contributed by atoms with Crippen LogP contribution in [0.25, 0.3) is 0 Å². The van der Waals surface area contributed by atoms with Crippen LogP contribution in [-0.2, 0) is 13.1 Å². The van der Waals surface area contributed by atoms with E-state index >= 15 is 0 Å². The molecule has 0 saturated carbocycles. The zero-order valence-corrected chi connectivity index (χ0v) is 12.1. The molecular formula is C17H19F3N2. The molecule has 0 aliphatic rings. The fourth-order valence-electron chi connectivity index (χ4n) is 2.10. The number of alkyl halides is 3. The quantitative estimate of drug-likeness (QED) is 0.818. The van der Waals surface area contributed by atoms with E-state index in [1.165, 1.54) is 0 Å². The largest absolute Gasteiger partial charge is 0.405 e. The zero-order valence-electron chi connectivity index (χ0n) is 12.1. The van der Waals surface area contributed by atoms with Crippen LogP contribution >= 0.6 is 0 Å². The number of halogens is 3. The molecule has 0 aromatic heterocycles. The third-order valence-corrected chi connectivity index (χ3v) is 3.31. The van der Waals surface area contributed by atoms with Gasteiger partial charge in [0.1, 0.15) is 6.04 Å². The molecule has 0 unspecified atom stereocenters. The third-order valence-electron chi connectivity index (χ3n) is 3.31. The van der Waals surface area contributed by atoms with Crippen molar-refractivity contribution in [3.8, 4) is 0 Å². The topological polar surface area (TPSA) is 24.1 Å². The Balaban J connectivity index is 1.84. The highest BCUT2D eigenvalue weighted by Gasteiger charge is 2.38. The van der Waals surface area contributed by atoms with Gasteiger partial charge in [0, 0.05) is 19.6 Å². The molecule has 2 aromatic rings. The van der Waals surface area contributed by atoms with E-state index in [4.69, 9.17) is 0 Å². The van der Waals surface area contributed by atoms with Crippen LogP contribution in [0.3, 0.4) is 0 Å². The Kier molecular flexibility index (Phi) is 5.98. The lowest BCUT2D eigenvalue weighted by atomic mass is 10.2. The molecule has 2 aromatic carbocycles. The smallest absolute Gasteiger partial charge is 0.311 e.